The molecular weight excluding hydrogens is 425 g/mol. The second-order valence-corrected chi connectivity index (χ2v) is 8.02. The van der Waals surface area contributed by atoms with Crippen molar-refractivity contribution >= 4 is 46.6 Å². The lowest BCUT2D eigenvalue weighted by molar-refractivity contribution is 0.288. The number of nitrogens with zero attached hydrogens (tertiary/aromatic N) is 3. The second kappa shape index (κ2) is 9.20. The normalized spacial score (nSPS) is 11.0. The van der Waals surface area contributed by atoms with Gasteiger partial charge < -0.3 is 9.30 Å². The van der Waals surface area contributed by atoms with Gasteiger partial charge in [-0.2, -0.15) is 0 Å². The van der Waals surface area contributed by atoms with E-state index in [0.717, 1.165) is 28.7 Å². The lowest BCUT2D eigenvalue weighted by Crippen LogP contribution is -2.07. The first-order chi connectivity index (χ1) is 13.0. The van der Waals surface area contributed by atoms with E-state index in [2.05, 4.69) is 10.2 Å². The zero-order chi connectivity index (χ0) is 19.4. The molecule has 0 saturated heterocycles. The molecule has 0 aliphatic heterocycles. The number of rotatable bonds is 7. The van der Waals surface area contributed by atoms with E-state index in [1.807, 2.05) is 54.8 Å². The van der Waals surface area contributed by atoms with Gasteiger partial charge >= 0.3 is 0 Å². The van der Waals surface area contributed by atoms with Crippen LogP contribution in [0.2, 0.25) is 15.1 Å². The minimum atomic E-state index is 0.289. The number of hydrogen-bond donors (Lipinski definition) is 0. The summed E-state index contributed by atoms with van der Waals surface area (Å²) in [4.78, 5) is 0. The van der Waals surface area contributed by atoms with Crippen molar-refractivity contribution in [2.24, 2.45) is 0 Å². The Labute approximate surface area is 177 Å². The maximum atomic E-state index is 6.25. The lowest BCUT2D eigenvalue weighted by Gasteiger charge is -2.11. The molecule has 0 atom stereocenters. The van der Waals surface area contributed by atoms with E-state index in [1.165, 1.54) is 0 Å². The highest BCUT2D eigenvalue weighted by molar-refractivity contribution is 7.98. The van der Waals surface area contributed by atoms with Crippen molar-refractivity contribution in [1.82, 2.24) is 14.8 Å². The van der Waals surface area contributed by atoms with Crippen LogP contribution in [0.3, 0.4) is 0 Å². The topological polar surface area (TPSA) is 39.9 Å². The van der Waals surface area contributed by atoms with Crippen LogP contribution in [0.1, 0.15) is 23.9 Å². The van der Waals surface area contributed by atoms with Crippen molar-refractivity contribution in [3.63, 3.8) is 0 Å². The Morgan fingerprint density at radius 1 is 1.04 bits per heavy atom. The molecule has 0 bridgehead atoms. The van der Waals surface area contributed by atoms with Crippen molar-refractivity contribution in [2.45, 2.75) is 37.9 Å². The minimum Gasteiger partial charge on any atom is -0.484 e. The highest BCUT2D eigenvalue weighted by Crippen LogP contribution is 2.31. The molecule has 0 spiro atoms. The van der Waals surface area contributed by atoms with Crippen LogP contribution in [-0.4, -0.2) is 14.8 Å². The predicted octanol–water partition coefficient (Wildman–Crippen LogP) is 6.44. The van der Waals surface area contributed by atoms with Crippen LogP contribution < -0.4 is 4.74 Å². The molecule has 0 aliphatic carbocycles. The lowest BCUT2D eigenvalue weighted by atomic mass is 10.2. The molecule has 4 nitrogen and oxygen atoms in total. The zero-order valence-corrected chi connectivity index (χ0v) is 18.0. The molecule has 0 aliphatic rings. The molecule has 2 aromatic carbocycles. The number of thioether (sulfide) groups is 1. The first-order valence-electron chi connectivity index (χ1n) is 8.36. The summed E-state index contributed by atoms with van der Waals surface area (Å²) < 4.78 is 7.87. The van der Waals surface area contributed by atoms with E-state index < -0.39 is 0 Å². The Balaban J connectivity index is 1.72. The molecule has 8 heteroatoms. The fourth-order valence-corrected chi connectivity index (χ4v) is 4.46. The van der Waals surface area contributed by atoms with Gasteiger partial charge in [-0.15, -0.1) is 10.2 Å². The number of aromatic nitrogens is 3. The number of aryl methyl sites for hydroxylation is 1. The SMILES string of the molecule is CCn1c(COc2cc(C)ccc2Cl)nnc1SCc1c(Cl)cccc1Cl. The Hall–Kier alpha value is -1.40. The maximum absolute atomic E-state index is 6.25. The predicted molar refractivity (Wildman–Crippen MR) is 112 cm³/mol. The van der Waals surface area contributed by atoms with Crippen molar-refractivity contribution in [3.05, 3.63) is 68.4 Å². The van der Waals surface area contributed by atoms with Gasteiger partial charge in [0, 0.05) is 22.3 Å². The van der Waals surface area contributed by atoms with Gasteiger partial charge in [0.25, 0.3) is 0 Å². The summed E-state index contributed by atoms with van der Waals surface area (Å²) in [6.07, 6.45) is 0. The van der Waals surface area contributed by atoms with Crippen LogP contribution in [-0.2, 0) is 18.9 Å². The molecule has 0 N–H and O–H groups in total. The van der Waals surface area contributed by atoms with Crippen LogP contribution in [0.4, 0.5) is 0 Å². The molecule has 27 heavy (non-hydrogen) atoms. The molecule has 3 aromatic rings. The number of hydrogen-bond acceptors (Lipinski definition) is 4. The summed E-state index contributed by atoms with van der Waals surface area (Å²) in [5.41, 5.74) is 1.97. The summed E-state index contributed by atoms with van der Waals surface area (Å²) in [6, 6.07) is 11.2. The van der Waals surface area contributed by atoms with Crippen LogP contribution in [0.5, 0.6) is 5.75 Å². The van der Waals surface area contributed by atoms with Gasteiger partial charge in [-0.05, 0) is 49.2 Å². The smallest absolute Gasteiger partial charge is 0.191 e. The Morgan fingerprint density at radius 3 is 2.48 bits per heavy atom. The van der Waals surface area contributed by atoms with Crippen LogP contribution in [0, 0.1) is 6.92 Å². The van der Waals surface area contributed by atoms with Crippen LogP contribution in [0.15, 0.2) is 41.6 Å². The monoisotopic (exact) mass is 441 g/mol. The first kappa shape index (κ1) is 20.3. The van der Waals surface area contributed by atoms with Gasteiger partial charge in [-0.25, -0.2) is 0 Å². The van der Waals surface area contributed by atoms with E-state index in [-0.39, 0.29) is 6.61 Å². The summed E-state index contributed by atoms with van der Waals surface area (Å²) in [7, 11) is 0. The molecule has 0 fully saturated rings. The fourth-order valence-electron chi connectivity index (χ4n) is 2.52. The molecule has 1 aromatic heterocycles. The third-order valence-electron chi connectivity index (χ3n) is 3.96. The average Bonchev–Trinajstić information content (AvgIpc) is 3.04. The van der Waals surface area contributed by atoms with Crippen molar-refractivity contribution < 1.29 is 4.74 Å². The number of halogens is 3. The van der Waals surface area contributed by atoms with Gasteiger partial charge in [0.2, 0.25) is 0 Å². The van der Waals surface area contributed by atoms with E-state index in [0.29, 0.717) is 26.6 Å². The van der Waals surface area contributed by atoms with Crippen molar-refractivity contribution in [3.8, 4) is 5.75 Å². The molecule has 0 saturated carbocycles. The van der Waals surface area contributed by atoms with Crippen molar-refractivity contribution in [1.29, 1.82) is 0 Å². The standard InChI is InChI=1S/C19H18Cl3N3OS/c1-3-25-18(10-26-17-9-12(2)7-8-16(17)22)23-24-19(25)27-11-13-14(20)5-4-6-15(13)21/h4-9H,3,10-11H2,1-2H3. The second-order valence-electron chi connectivity index (χ2n) is 5.85. The molecule has 142 valence electrons. The molecule has 0 amide bonds. The number of ether oxygens (including phenoxy) is 1. The molecule has 0 unspecified atom stereocenters. The summed E-state index contributed by atoms with van der Waals surface area (Å²) >= 11 is 20.2. The minimum absolute atomic E-state index is 0.289. The molecule has 0 radical (unpaired) electrons. The largest absolute Gasteiger partial charge is 0.484 e. The van der Waals surface area contributed by atoms with Gasteiger partial charge in [0.05, 0.1) is 5.02 Å². The highest BCUT2D eigenvalue weighted by Gasteiger charge is 2.14. The Kier molecular flexibility index (Phi) is 6.93. The van der Waals surface area contributed by atoms with E-state index in [1.54, 1.807) is 11.8 Å². The quantitative estimate of drug-likeness (QED) is 0.395. The summed E-state index contributed by atoms with van der Waals surface area (Å²) in [5.74, 6) is 1.99. The van der Waals surface area contributed by atoms with E-state index in [4.69, 9.17) is 39.5 Å². The van der Waals surface area contributed by atoms with Crippen LogP contribution in [0.25, 0.3) is 0 Å². The summed E-state index contributed by atoms with van der Waals surface area (Å²) in [5, 5.41) is 11.2. The van der Waals surface area contributed by atoms with E-state index in [9.17, 15) is 0 Å². The van der Waals surface area contributed by atoms with Crippen molar-refractivity contribution in [2.75, 3.05) is 0 Å². The highest BCUT2D eigenvalue weighted by atomic mass is 35.5. The Morgan fingerprint density at radius 2 is 1.78 bits per heavy atom. The maximum Gasteiger partial charge on any atom is 0.191 e. The summed E-state index contributed by atoms with van der Waals surface area (Å²) in [6.45, 7) is 5.05. The van der Waals surface area contributed by atoms with Gasteiger partial charge in [0.1, 0.15) is 12.4 Å². The third kappa shape index (κ3) is 4.91. The number of benzene rings is 2. The molecule has 1 heterocycles. The average molecular weight is 443 g/mol. The van der Waals surface area contributed by atoms with Gasteiger partial charge in [-0.1, -0.05) is 58.7 Å². The first-order valence-corrected chi connectivity index (χ1v) is 10.5. The fraction of sp³-hybridized carbons (Fsp3) is 0.263. The van der Waals surface area contributed by atoms with Gasteiger partial charge in [0.15, 0.2) is 11.0 Å². The molecule has 3 rings (SSSR count). The van der Waals surface area contributed by atoms with Crippen LogP contribution >= 0.6 is 46.6 Å². The molecular formula is C19H18Cl3N3OS. The third-order valence-corrected chi connectivity index (χ3v) is 5.97. The van der Waals surface area contributed by atoms with E-state index >= 15 is 0 Å². The zero-order valence-electron chi connectivity index (χ0n) is 14.9. The van der Waals surface area contributed by atoms with Gasteiger partial charge in [-0.3, -0.25) is 0 Å². The Bertz CT molecular complexity index is 926.